The predicted molar refractivity (Wildman–Crippen MR) is 102 cm³/mol. The Labute approximate surface area is 173 Å². The molecule has 0 atom stereocenters. The van der Waals surface area contributed by atoms with E-state index in [-0.39, 0.29) is 35.3 Å². The summed E-state index contributed by atoms with van der Waals surface area (Å²) in [4.78, 5) is 3.67. The summed E-state index contributed by atoms with van der Waals surface area (Å²) < 4.78 is 91.4. The number of halogens is 3. The maximum atomic E-state index is 12.6. The van der Waals surface area contributed by atoms with Crippen molar-refractivity contribution in [1.82, 2.24) is 14.0 Å². The Kier molecular flexibility index (Phi) is 6.51. The van der Waals surface area contributed by atoms with Crippen molar-refractivity contribution in [3.63, 3.8) is 0 Å². The van der Waals surface area contributed by atoms with Crippen LogP contribution in [0.5, 0.6) is 0 Å². The summed E-state index contributed by atoms with van der Waals surface area (Å²) in [6.45, 7) is 0.554. The van der Waals surface area contributed by atoms with Gasteiger partial charge in [0.05, 0.1) is 10.5 Å². The van der Waals surface area contributed by atoms with Crippen molar-refractivity contribution in [1.29, 1.82) is 0 Å². The zero-order valence-electron chi connectivity index (χ0n) is 15.7. The van der Waals surface area contributed by atoms with Crippen LogP contribution < -0.4 is 4.72 Å². The van der Waals surface area contributed by atoms with E-state index in [4.69, 9.17) is 0 Å². The van der Waals surface area contributed by atoms with Crippen LogP contribution in [-0.4, -0.2) is 45.8 Å². The molecule has 0 bridgehead atoms. The molecule has 30 heavy (non-hydrogen) atoms. The number of piperidine rings is 1. The van der Waals surface area contributed by atoms with Gasteiger partial charge in [0.15, 0.2) is 0 Å². The van der Waals surface area contributed by atoms with E-state index in [2.05, 4.69) is 9.71 Å². The lowest BCUT2D eigenvalue weighted by Crippen LogP contribution is -2.41. The highest BCUT2D eigenvalue weighted by atomic mass is 32.2. The first-order chi connectivity index (χ1) is 14.0. The van der Waals surface area contributed by atoms with Crippen molar-refractivity contribution < 1.29 is 30.0 Å². The predicted octanol–water partition coefficient (Wildman–Crippen LogP) is 2.48. The van der Waals surface area contributed by atoms with Crippen molar-refractivity contribution in [2.24, 2.45) is 5.92 Å². The topological polar surface area (TPSA) is 96.4 Å². The quantitative estimate of drug-likeness (QED) is 0.710. The van der Waals surface area contributed by atoms with Crippen LogP contribution in [0.1, 0.15) is 18.4 Å². The maximum Gasteiger partial charge on any atom is 0.416 e. The molecule has 0 aliphatic carbocycles. The van der Waals surface area contributed by atoms with Crippen molar-refractivity contribution in [3.05, 3.63) is 54.4 Å². The number of nitrogens with one attached hydrogen (secondary N) is 1. The number of pyridine rings is 1. The molecule has 7 nitrogen and oxygen atoms in total. The minimum atomic E-state index is -4.54. The normalized spacial score (nSPS) is 17.2. The van der Waals surface area contributed by atoms with Gasteiger partial charge in [0.2, 0.25) is 20.0 Å². The van der Waals surface area contributed by atoms with Gasteiger partial charge in [-0.05, 0) is 55.2 Å². The molecule has 1 aromatic carbocycles. The third-order valence-corrected chi connectivity index (χ3v) is 8.22. The standard InChI is InChI=1S/C18H20F3N3O4S2/c19-18(20,21)15-3-5-16(6-4-15)29(25,26)23-12-14-7-10-24(11-8-14)30(27,28)17-2-1-9-22-13-17/h1-6,9,13-14,23H,7-8,10-12H2. The number of hydrogen-bond acceptors (Lipinski definition) is 5. The van der Waals surface area contributed by atoms with Crippen LogP contribution in [0.25, 0.3) is 0 Å². The zero-order valence-corrected chi connectivity index (χ0v) is 17.3. The van der Waals surface area contributed by atoms with Gasteiger partial charge in [0.25, 0.3) is 0 Å². The van der Waals surface area contributed by atoms with Gasteiger partial charge < -0.3 is 0 Å². The molecule has 1 aliphatic heterocycles. The molecule has 12 heteroatoms. The summed E-state index contributed by atoms with van der Waals surface area (Å²) in [5.41, 5.74) is -0.927. The summed E-state index contributed by atoms with van der Waals surface area (Å²) in [5, 5.41) is 0. The van der Waals surface area contributed by atoms with Gasteiger partial charge in [-0.2, -0.15) is 17.5 Å². The number of nitrogens with zero attached hydrogens (tertiary/aromatic N) is 2. The fourth-order valence-electron chi connectivity index (χ4n) is 3.14. The van der Waals surface area contributed by atoms with Gasteiger partial charge in [-0.3, -0.25) is 4.98 Å². The van der Waals surface area contributed by atoms with E-state index in [1.54, 1.807) is 0 Å². The van der Waals surface area contributed by atoms with Crippen LogP contribution in [-0.2, 0) is 26.2 Å². The Bertz CT molecular complexity index is 1070. The van der Waals surface area contributed by atoms with E-state index in [9.17, 15) is 30.0 Å². The van der Waals surface area contributed by atoms with Crippen molar-refractivity contribution in [3.8, 4) is 0 Å². The van der Waals surface area contributed by atoms with E-state index in [0.717, 1.165) is 24.3 Å². The maximum absolute atomic E-state index is 12.6. The number of sulfonamides is 2. The molecule has 0 amide bonds. The lowest BCUT2D eigenvalue weighted by molar-refractivity contribution is -0.137. The summed E-state index contributed by atoms with van der Waals surface area (Å²) in [5.74, 6) is -0.0884. The van der Waals surface area contributed by atoms with E-state index in [0.29, 0.717) is 12.8 Å². The molecular formula is C18H20F3N3O4S2. The third kappa shape index (κ3) is 5.17. The first kappa shape index (κ1) is 22.7. The Morgan fingerprint density at radius 3 is 2.17 bits per heavy atom. The van der Waals surface area contributed by atoms with Crippen molar-refractivity contribution in [2.45, 2.75) is 28.8 Å². The summed E-state index contributed by atoms with van der Waals surface area (Å²) >= 11 is 0. The van der Waals surface area contributed by atoms with E-state index in [1.165, 1.54) is 28.8 Å². The molecule has 1 aromatic heterocycles. The minimum Gasteiger partial charge on any atom is -0.263 e. The van der Waals surface area contributed by atoms with Crippen molar-refractivity contribution >= 4 is 20.0 Å². The largest absolute Gasteiger partial charge is 0.416 e. The van der Waals surface area contributed by atoms with Gasteiger partial charge >= 0.3 is 6.18 Å². The average Bonchev–Trinajstić information content (AvgIpc) is 2.73. The molecule has 1 fully saturated rings. The summed E-state index contributed by atoms with van der Waals surface area (Å²) in [6, 6.07) is 6.26. The molecule has 0 radical (unpaired) electrons. The molecule has 2 aromatic rings. The number of benzene rings is 1. The van der Waals surface area contributed by atoms with E-state index >= 15 is 0 Å². The molecule has 2 heterocycles. The Morgan fingerprint density at radius 1 is 1.00 bits per heavy atom. The second-order valence-corrected chi connectivity index (χ2v) is 10.6. The fraction of sp³-hybridized carbons (Fsp3) is 0.389. The molecule has 0 spiro atoms. The smallest absolute Gasteiger partial charge is 0.263 e. The first-order valence-electron chi connectivity index (χ1n) is 9.07. The zero-order chi connectivity index (χ0) is 22.0. The lowest BCUT2D eigenvalue weighted by Gasteiger charge is -2.31. The SMILES string of the molecule is O=S(=O)(NCC1CCN(S(=O)(=O)c2cccnc2)CC1)c1ccc(C(F)(F)F)cc1. The van der Waals surface area contributed by atoms with Crippen LogP contribution in [0.3, 0.4) is 0 Å². The van der Waals surface area contributed by atoms with Crippen LogP contribution in [0.15, 0.2) is 58.6 Å². The number of rotatable bonds is 6. The lowest BCUT2D eigenvalue weighted by atomic mass is 9.99. The van der Waals surface area contributed by atoms with E-state index < -0.39 is 31.8 Å². The monoisotopic (exact) mass is 463 g/mol. The van der Waals surface area contributed by atoms with Crippen LogP contribution >= 0.6 is 0 Å². The second kappa shape index (κ2) is 8.61. The highest BCUT2D eigenvalue weighted by Gasteiger charge is 2.32. The fourth-order valence-corrected chi connectivity index (χ4v) is 5.69. The van der Waals surface area contributed by atoms with Crippen LogP contribution in [0.2, 0.25) is 0 Å². The van der Waals surface area contributed by atoms with Gasteiger partial charge in [-0.25, -0.2) is 21.6 Å². The van der Waals surface area contributed by atoms with Crippen LogP contribution in [0, 0.1) is 5.92 Å². The molecule has 1 saturated heterocycles. The molecule has 0 saturated carbocycles. The summed E-state index contributed by atoms with van der Waals surface area (Å²) in [6.07, 6.45) is -0.877. The van der Waals surface area contributed by atoms with Gasteiger partial charge in [-0.15, -0.1) is 0 Å². The molecule has 164 valence electrons. The average molecular weight is 464 g/mol. The molecular weight excluding hydrogens is 443 g/mol. The first-order valence-corrected chi connectivity index (χ1v) is 12.0. The van der Waals surface area contributed by atoms with Crippen LogP contribution in [0.4, 0.5) is 13.2 Å². The third-order valence-electron chi connectivity index (χ3n) is 4.90. The number of hydrogen-bond donors (Lipinski definition) is 1. The molecule has 1 N–H and O–H groups in total. The highest BCUT2D eigenvalue weighted by Crippen LogP contribution is 2.30. The Morgan fingerprint density at radius 2 is 1.63 bits per heavy atom. The Balaban J connectivity index is 1.56. The Hall–Kier alpha value is -2.02. The second-order valence-electron chi connectivity index (χ2n) is 6.91. The molecule has 3 rings (SSSR count). The number of alkyl halides is 3. The highest BCUT2D eigenvalue weighted by molar-refractivity contribution is 7.89. The van der Waals surface area contributed by atoms with Gasteiger partial charge in [0, 0.05) is 32.0 Å². The molecule has 0 unspecified atom stereocenters. The minimum absolute atomic E-state index is 0.0735. The van der Waals surface area contributed by atoms with E-state index in [1.807, 2.05) is 0 Å². The van der Waals surface area contributed by atoms with Gasteiger partial charge in [-0.1, -0.05) is 0 Å². The number of aromatic nitrogens is 1. The summed E-state index contributed by atoms with van der Waals surface area (Å²) in [7, 11) is -7.61. The molecule has 1 aliphatic rings. The van der Waals surface area contributed by atoms with Gasteiger partial charge in [0.1, 0.15) is 4.90 Å². The van der Waals surface area contributed by atoms with Crippen molar-refractivity contribution in [2.75, 3.05) is 19.6 Å².